The van der Waals surface area contributed by atoms with Crippen molar-refractivity contribution in [1.82, 2.24) is 0 Å². The zero-order chi connectivity index (χ0) is 23.3. The number of allylic oxidation sites excluding steroid dienone is 2. The van der Waals surface area contributed by atoms with Gasteiger partial charge in [-0.15, -0.1) is 0 Å². The van der Waals surface area contributed by atoms with Crippen LogP contribution in [0.4, 0.5) is 0 Å². The Bertz CT molecular complexity index is 1140. The van der Waals surface area contributed by atoms with E-state index in [9.17, 15) is 0 Å². The van der Waals surface area contributed by atoms with Crippen LogP contribution in [0.25, 0.3) is 22.3 Å². The van der Waals surface area contributed by atoms with Gasteiger partial charge < -0.3 is 0 Å². The first-order chi connectivity index (χ1) is 15.3. The first-order valence-electron chi connectivity index (χ1n) is 11.7. The van der Waals surface area contributed by atoms with Crippen LogP contribution in [0.15, 0.2) is 86.0 Å². The molecule has 3 aromatic carbocycles. The summed E-state index contributed by atoms with van der Waals surface area (Å²) >= 11 is 0. The second kappa shape index (κ2) is 10.5. The van der Waals surface area contributed by atoms with E-state index in [4.69, 9.17) is 0 Å². The number of unbranched alkanes of at least 4 members (excludes halogenated alkanes) is 2. The van der Waals surface area contributed by atoms with Crippen LogP contribution < -0.4 is 0 Å². The minimum atomic E-state index is 1.01. The van der Waals surface area contributed by atoms with Crippen LogP contribution in [0.1, 0.15) is 66.0 Å². The molecule has 0 heterocycles. The minimum absolute atomic E-state index is 1.01. The van der Waals surface area contributed by atoms with Crippen molar-refractivity contribution in [3.05, 3.63) is 119 Å². The lowest BCUT2D eigenvalue weighted by Crippen LogP contribution is -1.94. The van der Waals surface area contributed by atoms with Crippen molar-refractivity contribution >= 4 is 11.1 Å². The largest absolute Gasteiger partial charge is 0.0952 e. The molecule has 0 saturated heterocycles. The molecule has 0 aliphatic heterocycles. The number of hydrogen-bond acceptors (Lipinski definition) is 0. The van der Waals surface area contributed by atoms with E-state index in [1.54, 1.807) is 0 Å². The van der Waals surface area contributed by atoms with Gasteiger partial charge in [0.1, 0.15) is 0 Å². The summed E-state index contributed by atoms with van der Waals surface area (Å²) in [5, 5.41) is 0. The zero-order valence-electron chi connectivity index (χ0n) is 20.2. The maximum absolute atomic E-state index is 4.39. The fourth-order valence-electron chi connectivity index (χ4n) is 4.06. The molecule has 0 saturated carbocycles. The van der Waals surface area contributed by atoms with Crippen LogP contribution in [0, 0.1) is 20.8 Å². The molecular formula is C32H36. The maximum Gasteiger partial charge on any atom is -0.0146 e. The van der Waals surface area contributed by atoms with E-state index >= 15 is 0 Å². The first kappa shape index (κ1) is 23.5. The summed E-state index contributed by atoms with van der Waals surface area (Å²) in [6.45, 7) is 21.8. The van der Waals surface area contributed by atoms with Crippen molar-refractivity contribution in [1.29, 1.82) is 0 Å². The van der Waals surface area contributed by atoms with E-state index < -0.39 is 0 Å². The van der Waals surface area contributed by atoms with Gasteiger partial charge in [-0.3, -0.25) is 0 Å². The molecule has 0 aromatic heterocycles. The molecule has 0 radical (unpaired) electrons. The number of hydrogen-bond donors (Lipinski definition) is 0. The van der Waals surface area contributed by atoms with E-state index in [0.717, 1.165) is 39.8 Å². The van der Waals surface area contributed by atoms with Gasteiger partial charge in [-0.05, 0) is 101 Å². The molecule has 0 fully saturated rings. The van der Waals surface area contributed by atoms with E-state index in [1.807, 2.05) is 0 Å². The number of benzene rings is 3. The van der Waals surface area contributed by atoms with Crippen LogP contribution in [0.2, 0.25) is 0 Å². The summed E-state index contributed by atoms with van der Waals surface area (Å²) in [4.78, 5) is 0. The third-order valence-electron chi connectivity index (χ3n) is 6.37. The zero-order valence-corrected chi connectivity index (χ0v) is 20.2. The lowest BCUT2D eigenvalue weighted by atomic mass is 9.88. The summed E-state index contributed by atoms with van der Waals surface area (Å²) in [5.41, 5.74) is 13.0. The van der Waals surface area contributed by atoms with Crippen molar-refractivity contribution < 1.29 is 0 Å². The second-order valence-electron chi connectivity index (χ2n) is 8.94. The van der Waals surface area contributed by atoms with Gasteiger partial charge in [0.15, 0.2) is 0 Å². The van der Waals surface area contributed by atoms with Crippen LogP contribution in [-0.2, 0) is 0 Å². The quantitative estimate of drug-likeness (QED) is 0.239. The van der Waals surface area contributed by atoms with Crippen LogP contribution in [-0.4, -0.2) is 0 Å². The average molecular weight is 421 g/mol. The Morgan fingerprint density at radius 2 is 1.19 bits per heavy atom. The van der Waals surface area contributed by atoms with E-state index in [-0.39, 0.29) is 0 Å². The lowest BCUT2D eigenvalue weighted by molar-refractivity contribution is 0.721. The summed E-state index contributed by atoms with van der Waals surface area (Å²) in [7, 11) is 0. The van der Waals surface area contributed by atoms with Crippen molar-refractivity contribution in [3.63, 3.8) is 0 Å². The molecule has 0 nitrogen and oxygen atoms in total. The summed E-state index contributed by atoms with van der Waals surface area (Å²) in [6, 6.07) is 21.9. The number of aryl methyl sites for hydroxylation is 3. The fraction of sp³-hybridized carbons (Fsp3) is 0.250. The van der Waals surface area contributed by atoms with Gasteiger partial charge in [0.05, 0.1) is 0 Å². The van der Waals surface area contributed by atoms with Gasteiger partial charge >= 0.3 is 0 Å². The third-order valence-corrected chi connectivity index (χ3v) is 6.37. The molecule has 0 unspecified atom stereocenters. The SMILES string of the molecule is C=C(CCCCC)C(=C)c1ccc(C)c(-c2cc(C(=C)c3ccc(C)cc3)ccc2C)c1. The van der Waals surface area contributed by atoms with E-state index in [1.165, 1.54) is 47.1 Å². The first-order valence-corrected chi connectivity index (χ1v) is 11.7. The Labute approximate surface area is 195 Å². The molecule has 0 amide bonds. The highest BCUT2D eigenvalue weighted by Gasteiger charge is 2.12. The van der Waals surface area contributed by atoms with Gasteiger partial charge in [0.25, 0.3) is 0 Å². The highest BCUT2D eigenvalue weighted by Crippen LogP contribution is 2.34. The Morgan fingerprint density at radius 1 is 0.656 bits per heavy atom. The lowest BCUT2D eigenvalue weighted by Gasteiger charge is -2.16. The normalized spacial score (nSPS) is 10.8. The molecule has 0 heteroatoms. The Kier molecular flexibility index (Phi) is 7.70. The molecule has 164 valence electrons. The highest BCUT2D eigenvalue weighted by atomic mass is 14.2. The van der Waals surface area contributed by atoms with Crippen molar-refractivity contribution in [2.24, 2.45) is 0 Å². The highest BCUT2D eigenvalue weighted by molar-refractivity contribution is 5.85. The molecule has 3 aromatic rings. The van der Waals surface area contributed by atoms with Gasteiger partial charge in [-0.1, -0.05) is 93.6 Å². The predicted octanol–water partition coefficient (Wildman–Crippen LogP) is 9.49. The summed E-state index contributed by atoms with van der Waals surface area (Å²) < 4.78 is 0. The Morgan fingerprint density at radius 3 is 1.78 bits per heavy atom. The van der Waals surface area contributed by atoms with Crippen LogP contribution in [0.5, 0.6) is 0 Å². The minimum Gasteiger partial charge on any atom is -0.0952 e. The smallest absolute Gasteiger partial charge is 0.0146 e. The predicted molar refractivity (Wildman–Crippen MR) is 143 cm³/mol. The molecule has 3 rings (SSSR count). The average Bonchev–Trinajstić information content (AvgIpc) is 2.79. The van der Waals surface area contributed by atoms with Crippen molar-refractivity contribution in [2.75, 3.05) is 0 Å². The fourth-order valence-corrected chi connectivity index (χ4v) is 4.06. The van der Waals surface area contributed by atoms with Gasteiger partial charge in [-0.25, -0.2) is 0 Å². The van der Waals surface area contributed by atoms with E-state index in [2.05, 4.69) is 108 Å². The van der Waals surface area contributed by atoms with E-state index in [0.29, 0.717) is 0 Å². The van der Waals surface area contributed by atoms with Gasteiger partial charge in [0, 0.05) is 0 Å². The standard InChI is InChI=1S/C32H36/c1-8-9-10-11-23(3)26(6)29-18-14-24(4)31(20-29)32-21-30(19-15-25(32)5)27(7)28-16-12-22(2)13-17-28/h12-21H,3,6-11H2,1-2,4-5H3. The van der Waals surface area contributed by atoms with Crippen LogP contribution in [0.3, 0.4) is 0 Å². The molecule has 32 heavy (non-hydrogen) atoms. The summed E-state index contributed by atoms with van der Waals surface area (Å²) in [5.74, 6) is 0. The van der Waals surface area contributed by atoms with Gasteiger partial charge in [0.2, 0.25) is 0 Å². The summed E-state index contributed by atoms with van der Waals surface area (Å²) in [6.07, 6.45) is 4.65. The maximum atomic E-state index is 4.39. The molecule has 0 aliphatic carbocycles. The van der Waals surface area contributed by atoms with Crippen molar-refractivity contribution in [3.8, 4) is 11.1 Å². The molecule has 0 N–H and O–H groups in total. The Balaban J connectivity index is 1.95. The molecule has 0 aliphatic rings. The molecule has 0 bridgehead atoms. The van der Waals surface area contributed by atoms with Crippen LogP contribution >= 0.6 is 0 Å². The number of rotatable bonds is 9. The second-order valence-corrected chi connectivity index (χ2v) is 8.94. The molecule has 0 spiro atoms. The third kappa shape index (κ3) is 5.37. The van der Waals surface area contributed by atoms with Crippen molar-refractivity contribution in [2.45, 2.75) is 53.4 Å². The topological polar surface area (TPSA) is 0 Å². The molecule has 0 atom stereocenters. The monoisotopic (exact) mass is 420 g/mol. The molecular weight excluding hydrogens is 384 g/mol. The Hall–Kier alpha value is -3.12. The van der Waals surface area contributed by atoms with Gasteiger partial charge in [-0.2, -0.15) is 0 Å².